The molecule has 21 heavy (non-hydrogen) atoms. The Kier molecular flexibility index (Phi) is 4.62. The van der Waals surface area contributed by atoms with Crippen LogP contribution in [0, 0.1) is 12.7 Å². The molecule has 4 nitrogen and oxygen atoms in total. The maximum atomic E-state index is 13.6. The van der Waals surface area contributed by atoms with Crippen LogP contribution in [-0.4, -0.2) is 22.5 Å². The topological polar surface area (TPSA) is 52.1 Å². The fourth-order valence-electron chi connectivity index (χ4n) is 1.94. The molecule has 0 saturated carbocycles. The highest BCUT2D eigenvalue weighted by Gasteiger charge is 2.15. The van der Waals surface area contributed by atoms with Gasteiger partial charge in [0.25, 0.3) is 0 Å². The molecule has 0 bridgehead atoms. The van der Waals surface area contributed by atoms with Gasteiger partial charge in [-0.25, -0.2) is 19.2 Å². The molecule has 0 radical (unpaired) electrons. The summed E-state index contributed by atoms with van der Waals surface area (Å²) in [4.78, 5) is 20.3. The van der Waals surface area contributed by atoms with E-state index in [4.69, 9.17) is 4.74 Å². The molecule has 110 valence electrons. The maximum Gasteiger partial charge on any atom is 0.341 e. The van der Waals surface area contributed by atoms with Gasteiger partial charge in [-0.15, -0.1) is 0 Å². The zero-order valence-corrected chi connectivity index (χ0v) is 12.3. The van der Waals surface area contributed by atoms with Crippen LogP contribution < -0.4 is 0 Å². The first-order chi connectivity index (χ1) is 10.1. The number of carbonyl (C=O) groups excluding carboxylic acids is 1. The minimum absolute atomic E-state index is 0.299. The quantitative estimate of drug-likeness (QED) is 0.810. The third-order valence-corrected chi connectivity index (χ3v) is 3.13. The van der Waals surface area contributed by atoms with Crippen LogP contribution in [0.3, 0.4) is 0 Å². The molecule has 0 atom stereocenters. The molecule has 0 amide bonds. The van der Waals surface area contributed by atoms with Crippen LogP contribution in [0.5, 0.6) is 0 Å². The number of esters is 1. The molecule has 0 saturated heterocycles. The largest absolute Gasteiger partial charge is 0.462 e. The highest BCUT2D eigenvalue weighted by Crippen LogP contribution is 2.20. The molecule has 2 aromatic rings. The second-order valence-electron chi connectivity index (χ2n) is 4.59. The van der Waals surface area contributed by atoms with Gasteiger partial charge in [-0.1, -0.05) is 19.1 Å². The Morgan fingerprint density at radius 1 is 1.33 bits per heavy atom. The van der Waals surface area contributed by atoms with Crippen molar-refractivity contribution in [2.24, 2.45) is 0 Å². The number of rotatable bonds is 4. The fourth-order valence-corrected chi connectivity index (χ4v) is 1.94. The van der Waals surface area contributed by atoms with E-state index in [9.17, 15) is 9.18 Å². The third-order valence-electron chi connectivity index (χ3n) is 3.13. The molecule has 1 heterocycles. The van der Waals surface area contributed by atoms with E-state index >= 15 is 0 Å². The van der Waals surface area contributed by atoms with E-state index in [1.54, 1.807) is 26.0 Å². The Morgan fingerprint density at radius 2 is 2.10 bits per heavy atom. The second kappa shape index (κ2) is 6.43. The third kappa shape index (κ3) is 3.24. The Balaban J connectivity index is 2.42. The lowest BCUT2D eigenvalue weighted by atomic mass is 10.1. The first kappa shape index (κ1) is 15.1. The summed E-state index contributed by atoms with van der Waals surface area (Å²) >= 11 is 0. The summed E-state index contributed by atoms with van der Waals surface area (Å²) in [5.41, 5.74) is 2.11. The molecule has 0 N–H and O–H groups in total. The minimum atomic E-state index is -0.434. The average molecular weight is 288 g/mol. The van der Waals surface area contributed by atoms with Crippen molar-refractivity contribution in [3.63, 3.8) is 0 Å². The van der Waals surface area contributed by atoms with E-state index in [0.717, 1.165) is 0 Å². The molecule has 0 fully saturated rings. The van der Waals surface area contributed by atoms with Gasteiger partial charge >= 0.3 is 5.97 Å². The Labute approximate surface area is 123 Å². The van der Waals surface area contributed by atoms with Gasteiger partial charge < -0.3 is 4.74 Å². The highest BCUT2D eigenvalue weighted by atomic mass is 19.1. The summed E-state index contributed by atoms with van der Waals surface area (Å²) < 4.78 is 18.6. The van der Waals surface area contributed by atoms with E-state index < -0.39 is 5.97 Å². The molecular weight excluding hydrogens is 271 g/mol. The lowest BCUT2D eigenvalue weighted by Gasteiger charge is -2.08. The summed E-state index contributed by atoms with van der Waals surface area (Å²) in [6, 6.07) is 4.84. The first-order valence-electron chi connectivity index (χ1n) is 6.86. The maximum absolute atomic E-state index is 13.6. The number of ether oxygens (including phenoxy) is 1. The smallest absolute Gasteiger partial charge is 0.341 e. The average Bonchev–Trinajstić information content (AvgIpc) is 2.49. The van der Waals surface area contributed by atoms with Gasteiger partial charge in [-0.05, 0) is 31.9 Å². The Bertz CT molecular complexity index is 671. The zero-order valence-electron chi connectivity index (χ0n) is 12.3. The van der Waals surface area contributed by atoms with Gasteiger partial charge in [-0.3, -0.25) is 0 Å². The Hall–Kier alpha value is -2.30. The van der Waals surface area contributed by atoms with Crippen LogP contribution in [-0.2, 0) is 11.2 Å². The predicted molar refractivity (Wildman–Crippen MR) is 77.5 cm³/mol. The standard InChI is InChI=1S/C16H17FN2O2/c1-4-14-12(16(20)21-5-2)9-18-15(19-14)11-7-6-10(3)13(17)8-11/h6-9H,4-5H2,1-3H3. The van der Waals surface area contributed by atoms with Crippen LogP contribution in [0.15, 0.2) is 24.4 Å². The van der Waals surface area contributed by atoms with Crippen molar-refractivity contribution in [3.8, 4) is 11.4 Å². The van der Waals surface area contributed by atoms with Crippen molar-refractivity contribution in [2.45, 2.75) is 27.2 Å². The molecule has 0 aliphatic heterocycles. The summed E-state index contributed by atoms with van der Waals surface area (Å²) in [5, 5.41) is 0. The number of carbonyl (C=O) groups is 1. The number of hydrogen-bond acceptors (Lipinski definition) is 4. The highest BCUT2D eigenvalue weighted by molar-refractivity contribution is 5.90. The number of halogens is 1. The summed E-state index contributed by atoms with van der Waals surface area (Å²) in [6.07, 6.45) is 2.01. The van der Waals surface area contributed by atoms with Crippen molar-refractivity contribution >= 4 is 5.97 Å². The first-order valence-corrected chi connectivity index (χ1v) is 6.86. The lowest BCUT2D eigenvalue weighted by molar-refractivity contribution is 0.0524. The normalized spacial score (nSPS) is 10.5. The van der Waals surface area contributed by atoms with Crippen LogP contribution >= 0.6 is 0 Å². The van der Waals surface area contributed by atoms with Crippen molar-refractivity contribution in [1.82, 2.24) is 9.97 Å². The van der Waals surface area contributed by atoms with Crippen molar-refractivity contribution in [3.05, 3.63) is 47.0 Å². The van der Waals surface area contributed by atoms with Gasteiger partial charge in [-0.2, -0.15) is 0 Å². The molecule has 1 aromatic carbocycles. The SMILES string of the molecule is CCOC(=O)c1cnc(-c2ccc(C)c(F)c2)nc1CC. The minimum Gasteiger partial charge on any atom is -0.462 e. The van der Waals surface area contributed by atoms with Gasteiger partial charge in [0.1, 0.15) is 5.82 Å². The zero-order chi connectivity index (χ0) is 15.4. The van der Waals surface area contributed by atoms with Gasteiger partial charge in [0.05, 0.1) is 17.9 Å². The predicted octanol–water partition coefficient (Wildman–Crippen LogP) is 3.33. The number of nitrogens with zero attached hydrogens (tertiary/aromatic N) is 2. The van der Waals surface area contributed by atoms with Crippen molar-refractivity contribution < 1.29 is 13.9 Å². The van der Waals surface area contributed by atoms with E-state index in [-0.39, 0.29) is 5.82 Å². The number of aromatic nitrogens is 2. The molecule has 2 rings (SSSR count). The van der Waals surface area contributed by atoms with Crippen LogP contribution in [0.25, 0.3) is 11.4 Å². The molecule has 0 unspecified atom stereocenters. The molecule has 1 aromatic heterocycles. The number of aryl methyl sites for hydroxylation is 2. The van der Waals surface area contributed by atoms with Gasteiger partial charge in [0.15, 0.2) is 5.82 Å². The summed E-state index contributed by atoms with van der Waals surface area (Å²) in [6.45, 7) is 5.63. The molecule has 5 heteroatoms. The summed E-state index contributed by atoms with van der Waals surface area (Å²) in [7, 11) is 0. The van der Waals surface area contributed by atoms with Crippen molar-refractivity contribution in [1.29, 1.82) is 0 Å². The van der Waals surface area contributed by atoms with E-state index in [2.05, 4.69) is 9.97 Å². The van der Waals surface area contributed by atoms with Gasteiger partial charge in [0, 0.05) is 11.8 Å². The van der Waals surface area contributed by atoms with E-state index in [1.165, 1.54) is 12.3 Å². The summed E-state index contributed by atoms with van der Waals surface area (Å²) in [5.74, 6) is -0.335. The lowest BCUT2D eigenvalue weighted by Crippen LogP contribution is -2.11. The van der Waals surface area contributed by atoms with E-state index in [0.29, 0.717) is 41.2 Å². The molecular formula is C16H17FN2O2. The van der Waals surface area contributed by atoms with Crippen LogP contribution in [0.1, 0.15) is 35.5 Å². The molecule has 0 spiro atoms. The number of hydrogen-bond donors (Lipinski definition) is 0. The van der Waals surface area contributed by atoms with Crippen LogP contribution in [0.4, 0.5) is 4.39 Å². The second-order valence-corrected chi connectivity index (χ2v) is 4.59. The van der Waals surface area contributed by atoms with E-state index in [1.807, 2.05) is 6.92 Å². The number of benzene rings is 1. The monoisotopic (exact) mass is 288 g/mol. The molecule has 0 aliphatic carbocycles. The van der Waals surface area contributed by atoms with Gasteiger partial charge in [0.2, 0.25) is 0 Å². The molecule has 0 aliphatic rings. The Morgan fingerprint density at radius 3 is 2.71 bits per heavy atom. The van der Waals surface area contributed by atoms with Crippen molar-refractivity contribution in [2.75, 3.05) is 6.61 Å². The fraction of sp³-hybridized carbons (Fsp3) is 0.312. The van der Waals surface area contributed by atoms with Crippen LogP contribution in [0.2, 0.25) is 0 Å².